The lowest BCUT2D eigenvalue weighted by Gasteiger charge is -2.03. The number of aromatic nitrogens is 4. The third-order valence-electron chi connectivity index (χ3n) is 3.02. The Kier molecular flexibility index (Phi) is 3.84. The summed E-state index contributed by atoms with van der Waals surface area (Å²) in [5, 5.41) is 19.7. The van der Waals surface area contributed by atoms with Crippen molar-refractivity contribution in [3.63, 3.8) is 0 Å². The molecule has 0 aliphatic rings. The van der Waals surface area contributed by atoms with Crippen LogP contribution in [0.3, 0.4) is 0 Å². The molecule has 0 aromatic carbocycles. The van der Waals surface area contributed by atoms with Gasteiger partial charge in [-0.1, -0.05) is 0 Å². The van der Waals surface area contributed by atoms with Gasteiger partial charge in [-0.2, -0.15) is 15.5 Å². The van der Waals surface area contributed by atoms with E-state index in [1.807, 2.05) is 26.8 Å². The predicted molar refractivity (Wildman–Crippen MR) is 73.2 cm³/mol. The third-order valence-corrected chi connectivity index (χ3v) is 3.02. The number of rotatable bonds is 4. The summed E-state index contributed by atoms with van der Waals surface area (Å²) in [6.07, 6.45) is 1.65. The van der Waals surface area contributed by atoms with Crippen LogP contribution in [0.25, 0.3) is 0 Å². The Bertz CT molecular complexity index is 676. The fraction of sp³-hybridized carbons (Fsp3) is 0.385. The summed E-state index contributed by atoms with van der Waals surface area (Å²) >= 11 is 0. The zero-order valence-corrected chi connectivity index (χ0v) is 11.7. The highest BCUT2D eigenvalue weighted by molar-refractivity contribution is 6.05. The summed E-state index contributed by atoms with van der Waals surface area (Å²) < 4.78 is 3.25. The highest BCUT2D eigenvalue weighted by Crippen LogP contribution is 2.15. The second-order valence-corrected chi connectivity index (χ2v) is 4.37. The van der Waals surface area contributed by atoms with Crippen molar-refractivity contribution in [1.82, 2.24) is 19.6 Å². The molecule has 7 heteroatoms. The molecule has 1 N–H and O–H groups in total. The minimum absolute atomic E-state index is 0.154. The number of hydrogen-bond donors (Lipinski definition) is 1. The van der Waals surface area contributed by atoms with Crippen LogP contribution in [-0.2, 0) is 13.1 Å². The summed E-state index contributed by atoms with van der Waals surface area (Å²) in [7, 11) is 0. The van der Waals surface area contributed by atoms with Gasteiger partial charge in [-0.3, -0.25) is 14.2 Å². The molecule has 2 aromatic heterocycles. The molecular formula is C13H16N6O. The van der Waals surface area contributed by atoms with Gasteiger partial charge in [0.25, 0.3) is 5.91 Å². The van der Waals surface area contributed by atoms with Crippen LogP contribution >= 0.6 is 0 Å². The lowest BCUT2D eigenvalue weighted by atomic mass is 10.2. The van der Waals surface area contributed by atoms with Gasteiger partial charge in [0.1, 0.15) is 6.54 Å². The fourth-order valence-corrected chi connectivity index (χ4v) is 2.10. The molecule has 0 bridgehead atoms. The normalized spacial score (nSPS) is 10.3. The van der Waals surface area contributed by atoms with Gasteiger partial charge in [0.15, 0.2) is 5.82 Å². The lowest BCUT2D eigenvalue weighted by Crippen LogP contribution is -2.15. The Labute approximate surface area is 116 Å². The summed E-state index contributed by atoms with van der Waals surface area (Å²) in [4.78, 5) is 12.3. The first kappa shape index (κ1) is 13.8. The average molecular weight is 272 g/mol. The maximum Gasteiger partial charge on any atom is 0.260 e. The van der Waals surface area contributed by atoms with E-state index in [2.05, 4.69) is 15.5 Å². The Hall–Kier alpha value is -2.62. The van der Waals surface area contributed by atoms with Gasteiger partial charge >= 0.3 is 0 Å². The minimum atomic E-state index is -0.234. The molecule has 2 heterocycles. The van der Waals surface area contributed by atoms with E-state index in [-0.39, 0.29) is 12.5 Å². The molecule has 20 heavy (non-hydrogen) atoms. The van der Waals surface area contributed by atoms with Crippen molar-refractivity contribution in [3.8, 4) is 6.07 Å². The van der Waals surface area contributed by atoms with Crippen molar-refractivity contribution in [2.24, 2.45) is 0 Å². The van der Waals surface area contributed by atoms with Gasteiger partial charge < -0.3 is 5.32 Å². The van der Waals surface area contributed by atoms with E-state index in [1.165, 1.54) is 4.68 Å². The van der Waals surface area contributed by atoms with Crippen LogP contribution in [0.15, 0.2) is 12.3 Å². The number of nitriles is 1. The zero-order chi connectivity index (χ0) is 14.7. The minimum Gasteiger partial charge on any atom is -0.305 e. The molecule has 0 saturated heterocycles. The molecule has 0 atom stereocenters. The van der Waals surface area contributed by atoms with Gasteiger partial charge in [-0.25, -0.2) is 0 Å². The monoisotopic (exact) mass is 272 g/mol. The number of aryl methyl sites for hydroxylation is 2. The molecule has 2 aromatic rings. The maximum absolute atomic E-state index is 12.3. The fourth-order valence-electron chi connectivity index (χ4n) is 2.10. The SMILES string of the molecule is CCn1nc(C)c(C(=O)Nc2ccn(CC#N)n2)c1C. The molecule has 104 valence electrons. The van der Waals surface area contributed by atoms with E-state index in [1.54, 1.807) is 16.9 Å². The van der Waals surface area contributed by atoms with Crippen molar-refractivity contribution in [2.45, 2.75) is 33.9 Å². The van der Waals surface area contributed by atoms with Crippen molar-refractivity contribution in [1.29, 1.82) is 5.26 Å². The van der Waals surface area contributed by atoms with Gasteiger partial charge in [0.05, 0.1) is 17.3 Å². The number of carbonyl (C=O) groups excluding carboxylic acids is 1. The van der Waals surface area contributed by atoms with Crippen molar-refractivity contribution in [3.05, 3.63) is 29.2 Å². The van der Waals surface area contributed by atoms with Crippen LogP contribution in [0.1, 0.15) is 28.7 Å². The summed E-state index contributed by atoms with van der Waals surface area (Å²) in [6, 6.07) is 3.64. The van der Waals surface area contributed by atoms with Gasteiger partial charge in [-0.05, 0) is 20.8 Å². The molecule has 0 fully saturated rings. The molecule has 0 saturated carbocycles. The third kappa shape index (κ3) is 2.54. The van der Waals surface area contributed by atoms with Gasteiger partial charge in [0, 0.05) is 24.5 Å². The molecule has 1 amide bonds. The number of anilines is 1. The van der Waals surface area contributed by atoms with E-state index in [0.29, 0.717) is 17.1 Å². The van der Waals surface area contributed by atoms with Crippen LogP contribution < -0.4 is 5.32 Å². The highest BCUT2D eigenvalue weighted by Gasteiger charge is 2.18. The zero-order valence-electron chi connectivity index (χ0n) is 11.7. The molecule has 0 unspecified atom stereocenters. The van der Waals surface area contributed by atoms with E-state index in [9.17, 15) is 4.79 Å². The van der Waals surface area contributed by atoms with Gasteiger partial charge in [0.2, 0.25) is 0 Å². The van der Waals surface area contributed by atoms with E-state index in [0.717, 1.165) is 12.2 Å². The number of nitrogens with one attached hydrogen (secondary N) is 1. The Morgan fingerprint density at radius 2 is 2.20 bits per heavy atom. The quantitative estimate of drug-likeness (QED) is 0.913. The Balaban J connectivity index is 2.19. The second-order valence-electron chi connectivity index (χ2n) is 4.37. The average Bonchev–Trinajstić information content (AvgIpc) is 2.94. The molecule has 0 radical (unpaired) electrons. The summed E-state index contributed by atoms with van der Waals surface area (Å²) in [5.74, 6) is 0.190. The maximum atomic E-state index is 12.3. The number of hydrogen-bond acceptors (Lipinski definition) is 4. The first-order chi connectivity index (χ1) is 9.56. The highest BCUT2D eigenvalue weighted by atomic mass is 16.1. The van der Waals surface area contributed by atoms with Crippen LogP contribution in [0.5, 0.6) is 0 Å². The first-order valence-electron chi connectivity index (χ1n) is 6.32. The second kappa shape index (κ2) is 5.57. The van der Waals surface area contributed by atoms with Crippen molar-refractivity contribution >= 4 is 11.7 Å². The number of nitrogens with zero attached hydrogens (tertiary/aromatic N) is 5. The standard InChI is InChI=1S/C13H16N6O/c1-4-19-10(3)12(9(2)16-19)13(20)15-11-5-7-18(17-11)8-6-14/h5,7H,4,8H2,1-3H3,(H,15,17,20). The van der Waals surface area contributed by atoms with Crippen LogP contribution in [-0.4, -0.2) is 25.5 Å². The van der Waals surface area contributed by atoms with Gasteiger partial charge in [-0.15, -0.1) is 0 Å². The van der Waals surface area contributed by atoms with E-state index in [4.69, 9.17) is 5.26 Å². The smallest absolute Gasteiger partial charge is 0.260 e. The molecule has 0 aliphatic heterocycles. The molecule has 2 rings (SSSR count). The number of amides is 1. The van der Waals surface area contributed by atoms with Crippen LogP contribution in [0.4, 0.5) is 5.82 Å². The van der Waals surface area contributed by atoms with E-state index < -0.39 is 0 Å². The van der Waals surface area contributed by atoms with Crippen LogP contribution in [0, 0.1) is 25.2 Å². The van der Waals surface area contributed by atoms with Crippen LogP contribution in [0.2, 0.25) is 0 Å². The van der Waals surface area contributed by atoms with E-state index >= 15 is 0 Å². The summed E-state index contributed by atoms with van der Waals surface area (Å²) in [5.41, 5.74) is 2.10. The molecule has 0 spiro atoms. The molecular weight excluding hydrogens is 256 g/mol. The summed E-state index contributed by atoms with van der Waals surface area (Å²) in [6.45, 7) is 6.53. The Morgan fingerprint density at radius 3 is 2.80 bits per heavy atom. The lowest BCUT2D eigenvalue weighted by molar-refractivity contribution is 0.102. The largest absolute Gasteiger partial charge is 0.305 e. The molecule has 0 aliphatic carbocycles. The topological polar surface area (TPSA) is 88.5 Å². The predicted octanol–water partition coefficient (Wildman–Crippen LogP) is 1.49. The first-order valence-corrected chi connectivity index (χ1v) is 6.32. The Morgan fingerprint density at radius 1 is 1.45 bits per heavy atom. The number of carbonyl (C=O) groups is 1. The van der Waals surface area contributed by atoms with Crippen molar-refractivity contribution < 1.29 is 4.79 Å². The molecule has 7 nitrogen and oxygen atoms in total. The van der Waals surface area contributed by atoms with Crippen molar-refractivity contribution in [2.75, 3.05) is 5.32 Å².